The van der Waals surface area contributed by atoms with E-state index in [2.05, 4.69) is 105 Å². The summed E-state index contributed by atoms with van der Waals surface area (Å²) in [4.78, 5) is 0. The third-order valence-corrected chi connectivity index (χ3v) is 12.9. The molecule has 0 unspecified atom stereocenters. The molecule has 152 valence electrons. The van der Waals surface area contributed by atoms with Crippen molar-refractivity contribution < 1.29 is 8.85 Å². The number of benzene rings is 1. The average Bonchev–Trinajstić information content (AvgIpc) is 2.64. The fourth-order valence-corrected chi connectivity index (χ4v) is 11.0. The van der Waals surface area contributed by atoms with Crippen molar-refractivity contribution in [1.29, 1.82) is 0 Å². The maximum atomic E-state index is 7.29. The van der Waals surface area contributed by atoms with Crippen LogP contribution < -0.4 is 0 Å². The first kappa shape index (κ1) is 22.4. The van der Waals surface area contributed by atoms with E-state index >= 15 is 0 Å². The Morgan fingerprint density at radius 2 is 1.48 bits per heavy atom. The molecule has 0 aromatic heterocycles. The van der Waals surface area contributed by atoms with Crippen LogP contribution in [0.3, 0.4) is 0 Å². The highest BCUT2D eigenvalue weighted by Gasteiger charge is 2.57. The number of rotatable bonds is 3. The van der Waals surface area contributed by atoms with Gasteiger partial charge in [0.15, 0.2) is 0 Å². The maximum absolute atomic E-state index is 7.29. The standard InChI is InChI=1S/C23H40O2Si2/c1-18-20(24-26(8,9)10)16-17-27(22(2,3)4,23(5,6)7)25-21(18)19-14-12-11-13-15-19/h11-16,18,21H,17H2,1-10H3/t18-,21-/m0/s1. The summed E-state index contributed by atoms with van der Waals surface area (Å²) in [7, 11) is -3.87. The Hall–Kier alpha value is -0.846. The van der Waals surface area contributed by atoms with Gasteiger partial charge in [0.05, 0.1) is 11.9 Å². The van der Waals surface area contributed by atoms with Gasteiger partial charge < -0.3 is 8.85 Å². The second-order valence-corrected chi connectivity index (χ2v) is 20.8. The van der Waals surface area contributed by atoms with Crippen LogP contribution in [0.4, 0.5) is 0 Å². The number of hydrogen-bond donors (Lipinski definition) is 0. The summed E-state index contributed by atoms with van der Waals surface area (Å²) in [5.74, 6) is 1.36. The Balaban J connectivity index is 2.63. The normalized spacial score (nSPS) is 24.1. The zero-order valence-corrected chi connectivity index (χ0v) is 21.1. The Kier molecular flexibility index (Phi) is 6.26. The van der Waals surface area contributed by atoms with Crippen molar-refractivity contribution >= 4 is 16.6 Å². The molecule has 0 saturated carbocycles. The molecule has 0 radical (unpaired) electrons. The molecule has 0 amide bonds. The summed E-state index contributed by atoms with van der Waals surface area (Å²) in [6.07, 6.45) is 2.44. The van der Waals surface area contributed by atoms with Crippen molar-refractivity contribution in [3.8, 4) is 0 Å². The Morgan fingerprint density at radius 3 is 1.93 bits per heavy atom. The molecule has 2 atom stereocenters. The summed E-state index contributed by atoms with van der Waals surface area (Å²) in [5.41, 5.74) is 1.27. The van der Waals surface area contributed by atoms with Crippen molar-refractivity contribution in [3.63, 3.8) is 0 Å². The minimum atomic E-state index is -2.18. The first-order valence-electron chi connectivity index (χ1n) is 10.3. The highest BCUT2D eigenvalue weighted by atomic mass is 28.4. The van der Waals surface area contributed by atoms with Crippen LogP contribution >= 0.6 is 0 Å². The first-order chi connectivity index (χ1) is 12.2. The minimum absolute atomic E-state index is 0.0430. The monoisotopic (exact) mass is 404 g/mol. The van der Waals surface area contributed by atoms with Gasteiger partial charge >= 0.3 is 0 Å². The molecule has 0 fully saturated rings. The van der Waals surface area contributed by atoms with Crippen molar-refractivity contribution in [1.82, 2.24) is 0 Å². The van der Waals surface area contributed by atoms with E-state index in [1.807, 2.05) is 0 Å². The fourth-order valence-electron chi connectivity index (χ4n) is 4.52. The van der Waals surface area contributed by atoms with E-state index < -0.39 is 16.6 Å². The molecule has 0 N–H and O–H groups in total. The van der Waals surface area contributed by atoms with E-state index in [1.54, 1.807) is 0 Å². The SMILES string of the molecule is C[C@H]1C(O[Si](C)(C)C)=CC[Si](C(C)(C)C)(C(C)(C)C)O[C@@H]1c1ccccc1. The molecule has 27 heavy (non-hydrogen) atoms. The molecule has 4 heteroatoms. The Bertz CT molecular complexity index is 646. The van der Waals surface area contributed by atoms with Crippen molar-refractivity contribution in [2.45, 2.75) is 90.3 Å². The molecule has 0 bridgehead atoms. The topological polar surface area (TPSA) is 18.5 Å². The molecule has 0 saturated heterocycles. The van der Waals surface area contributed by atoms with Crippen LogP contribution in [0.5, 0.6) is 0 Å². The number of hydrogen-bond acceptors (Lipinski definition) is 2. The molecular formula is C23H40O2Si2. The highest BCUT2D eigenvalue weighted by molar-refractivity contribution is 6.80. The summed E-state index contributed by atoms with van der Waals surface area (Å²) in [6.45, 7) is 23.3. The smallest absolute Gasteiger partial charge is 0.241 e. The Morgan fingerprint density at radius 1 is 0.963 bits per heavy atom. The summed E-state index contributed by atoms with van der Waals surface area (Å²) in [5, 5.41) is 0.256. The molecule has 1 aliphatic rings. The third kappa shape index (κ3) is 4.77. The zero-order chi connectivity index (χ0) is 20.7. The molecular weight excluding hydrogens is 364 g/mol. The van der Waals surface area contributed by atoms with E-state index in [0.29, 0.717) is 0 Å². The quantitative estimate of drug-likeness (QED) is 0.481. The van der Waals surface area contributed by atoms with E-state index in [-0.39, 0.29) is 22.1 Å². The lowest BCUT2D eigenvalue weighted by Crippen LogP contribution is -2.54. The van der Waals surface area contributed by atoms with Gasteiger partial charge in [-0.25, -0.2) is 0 Å². The molecule has 2 nitrogen and oxygen atoms in total. The molecule has 1 heterocycles. The second kappa shape index (κ2) is 7.53. The van der Waals surface area contributed by atoms with Gasteiger partial charge in [-0.3, -0.25) is 0 Å². The lowest BCUT2D eigenvalue weighted by atomic mass is 9.95. The molecule has 1 aliphatic heterocycles. The van der Waals surface area contributed by atoms with Crippen LogP contribution in [-0.2, 0) is 8.85 Å². The van der Waals surface area contributed by atoms with E-state index in [4.69, 9.17) is 8.85 Å². The van der Waals surface area contributed by atoms with Crippen molar-refractivity contribution in [2.75, 3.05) is 0 Å². The van der Waals surface area contributed by atoms with Crippen LogP contribution in [0.1, 0.15) is 60.1 Å². The van der Waals surface area contributed by atoms with E-state index in [1.165, 1.54) is 5.56 Å². The van der Waals surface area contributed by atoms with Gasteiger partial charge in [0.2, 0.25) is 16.6 Å². The van der Waals surface area contributed by atoms with Gasteiger partial charge in [-0.2, -0.15) is 0 Å². The van der Waals surface area contributed by atoms with Gasteiger partial charge in [0.25, 0.3) is 0 Å². The lowest BCUT2D eigenvalue weighted by molar-refractivity contribution is 0.115. The van der Waals surface area contributed by atoms with Crippen molar-refractivity contribution in [3.05, 3.63) is 47.7 Å². The maximum Gasteiger partial charge on any atom is 0.241 e. The predicted molar refractivity (Wildman–Crippen MR) is 122 cm³/mol. The van der Waals surface area contributed by atoms with Gasteiger partial charge in [-0.1, -0.05) is 78.8 Å². The van der Waals surface area contributed by atoms with Crippen LogP contribution in [0.2, 0.25) is 35.8 Å². The minimum Gasteiger partial charge on any atom is -0.547 e. The van der Waals surface area contributed by atoms with Crippen LogP contribution in [0.25, 0.3) is 0 Å². The summed E-state index contributed by atoms with van der Waals surface area (Å²) >= 11 is 0. The van der Waals surface area contributed by atoms with Crippen LogP contribution in [0.15, 0.2) is 42.2 Å². The third-order valence-electron chi connectivity index (χ3n) is 5.80. The van der Waals surface area contributed by atoms with E-state index in [0.717, 1.165) is 11.8 Å². The second-order valence-electron chi connectivity index (χ2n) is 11.1. The molecule has 2 rings (SSSR count). The molecule has 1 aromatic rings. The number of allylic oxidation sites excluding steroid dienone is 1. The first-order valence-corrected chi connectivity index (χ1v) is 15.8. The largest absolute Gasteiger partial charge is 0.547 e. The molecule has 1 aromatic carbocycles. The zero-order valence-electron chi connectivity index (χ0n) is 19.1. The van der Waals surface area contributed by atoms with Gasteiger partial charge in [0.1, 0.15) is 0 Å². The van der Waals surface area contributed by atoms with Crippen molar-refractivity contribution in [2.24, 2.45) is 5.92 Å². The lowest BCUT2D eigenvalue weighted by Gasteiger charge is -2.51. The van der Waals surface area contributed by atoms with Crippen LogP contribution in [0, 0.1) is 5.92 Å². The predicted octanol–water partition coefficient (Wildman–Crippen LogP) is 7.68. The highest BCUT2D eigenvalue weighted by Crippen LogP contribution is 2.58. The van der Waals surface area contributed by atoms with Crippen LogP contribution in [-0.4, -0.2) is 16.6 Å². The average molecular weight is 405 g/mol. The van der Waals surface area contributed by atoms with Gasteiger partial charge in [0, 0.05) is 5.92 Å². The molecule has 0 aliphatic carbocycles. The van der Waals surface area contributed by atoms with Gasteiger partial charge in [-0.15, -0.1) is 0 Å². The summed E-state index contributed by atoms with van der Waals surface area (Å²) in [6, 6.07) is 11.8. The molecule has 0 spiro atoms. The van der Waals surface area contributed by atoms with E-state index in [9.17, 15) is 0 Å². The van der Waals surface area contributed by atoms with Gasteiger partial charge in [-0.05, 0) is 47.4 Å². The fraction of sp³-hybridized carbons (Fsp3) is 0.652. The summed E-state index contributed by atoms with van der Waals surface area (Å²) < 4.78 is 13.9. The Labute approximate surface area is 169 Å².